The first-order chi connectivity index (χ1) is 10.0. The van der Waals surface area contributed by atoms with E-state index in [-0.39, 0.29) is 12.5 Å². The summed E-state index contributed by atoms with van der Waals surface area (Å²) in [5, 5.41) is 13.2. The Kier molecular flexibility index (Phi) is 5.95. The van der Waals surface area contributed by atoms with Crippen LogP contribution in [-0.2, 0) is 10.0 Å². The van der Waals surface area contributed by atoms with Crippen LogP contribution in [0, 0.1) is 6.92 Å². The average molecular weight is 346 g/mol. The van der Waals surface area contributed by atoms with E-state index in [9.17, 15) is 8.42 Å². The minimum absolute atomic E-state index is 0.109. The van der Waals surface area contributed by atoms with E-state index < -0.39 is 10.0 Å². The van der Waals surface area contributed by atoms with Crippen molar-refractivity contribution in [3.63, 3.8) is 0 Å². The summed E-state index contributed by atoms with van der Waals surface area (Å²) in [5.41, 5.74) is 1.17. The van der Waals surface area contributed by atoms with Crippen molar-refractivity contribution >= 4 is 32.7 Å². The molecule has 2 rings (SSSR count). The van der Waals surface area contributed by atoms with Gasteiger partial charge in [-0.1, -0.05) is 0 Å². The summed E-state index contributed by atoms with van der Waals surface area (Å²) in [4.78, 5) is 0.979. The molecule has 2 N–H and O–H groups in total. The third kappa shape index (κ3) is 4.62. The zero-order valence-corrected chi connectivity index (χ0v) is 14.2. The monoisotopic (exact) mass is 345 g/mol. The predicted molar refractivity (Wildman–Crippen MR) is 87.6 cm³/mol. The number of nitrogens with one attached hydrogen (secondary N) is 1. The van der Waals surface area contributed by atoms with Gasteiger partial charge in [0.15, 0.2) is 0 Å². The maximum Gasteiger partial charge on any atom is 0.250 e. The molecule has 2 aromatic rings. The fraction of sp³-hybridized carbons (Fsp3) is 0.429. The van der Waals surface area contributed by atoms with Crippen molar-refractivity contribution in [1.29, 1.82) is 0 Å². The first-order valence-electron chi connectivity index (χ1n) is 6.72. The number of aliphatic hydroxyl groups excluding tert-OH is 1. The standard InChI is InChI=1S/C14H19NO3S3/c1-11-2-3-14(20-11)21(17,18)15-7-4-12(5-8-16)13-6-9-19-10-13/h2-3,6,9-10,12,15-16H,4-5,7-8H2,1H3/t12-/m1/s1. The molecule has 21 heavy (non-hydrogen) atoms. The van der Waals surface area contributed by atoms with Gasteiger partial charge in [0.05, 0.1) is 0 Å². The molecule has 1 atom stereocenters. The molecule has 116 valence electrons. The smallest absolute Gasteiger partial charge is 0.250 e. The Balaban J connectivity index is 1.93. The number of aryl methyl sites for hydroxylation is 1. The van der Waals surface area contributed by atoms with E-state index in [0.29, 0.717) is 23.6 Å². The first-order valence-corrected chi connectivity index (χ1v) is 9.96. The number of hydrogen-bond donors (Lipinski definition) is 2. The Hall–Kier alpha value is -0.730. The maximum atomic E-state index is 12.1. The first kappa shape index (κ1) is 16.6. The molecule has 0 saturated heterocycles. The quantitative estimate of drug-likeness (QED) is 0.773. The van der Waals surface area contributed by atoms with Crippen molar-refractivity contribution < 1.29 is 13.5 Å². The van der Waals surface area contributed by atoms with E-state index in [2.05, 4.69) is 10.1 Å². The highest BCUT2D eigenvalue weighted by Crippen LogP contribution is 2.25. The van der Waals surface area contributed by atoms with Crippen LogP contribution < -0.4 is 4.72 Å². The molecule has 0 bridgehead atoms. The third-order valence-electron chi connectivity index (χ3n) is 3.26. The molecule has 0 aliphatic carbocycles. The van der Waals surface area contributed by atoms with Crippen LogP contribution in [0.25, 0.3) is 0 Å². The predicted octanol–water partition coefficient (Wildman–Crippen LogP) is 2.95. The highest BCUT2D eigenvalue weighted by molar-refractivity contribution is 7.91. The van der Waals surface area contributed by atoms with Gasteiger partial charge >= 0.3 is 0 Å². The van der Waals surface area contributed by atoms with Crippen LogP contribution in [-0.4, -0.2) is 26.7 Å². The zero-order chi connectivity index (χ0) is 15.3. The lowest BCUT2D eigenvalue weighted by Crippen LogP contribution is -2.25. The van der Waals surface area contributed by atoms with Gasteiger partial charge in [-0.2, -0.15) is 11.3 Å². The van der Waals surface area contributed by atoms with Crippen molar-refractivity contribution in [3.05, 3.63) is 39.4 Å². The fourth-order valence-electron chi connectivity index (χ4n) is 2.14. The molecule has 0 fully saturated rings. The van der Waals surface area contributed by atoms with E-state index in [1.807, 2.05) is 18.4 Å². The summed E-state index contributed by atoms with van der Waals surface area (Å²) in [7, 11) is -3.41. The highest BCUT2D eigenvalue weighted by Gasteiger charge is 2.17. The van der Waals surface area contributed by atoms with Gasteiger partial charge in [0.1, 0.15) is 4.21 Å². The average Bonchev–Trinajstić information content (AvgIpc) is 3.08. The molecule has 0 unspecified atom stereocenters. The Bertz CT molecular complexity index is 647. The van der Waals surface area contributed by atoms with E-state index in [1.165, 1.54) is 16.9 Å². The molecule has 0 aliphatic heterocycles. The molecule has 0 spiro atoms. The second-order valence-corrected chi connectivity index (χ2v) is 8.88. The van der Waals surface area contributed by atoms with Crippen molar-refractivity contribution in [2.75, 3.05) is 13.2 Å². The second kappa shape index (κ2) is 7.51. The zero-order valence-electron chi connectivity index (χ0n) is 11.8. The van der Waals surface area contributed by atoms with Crippen LogP contribution in [0.3, 0.4) is 0 Å². The molecule has 0 radical (unpaired) electrons. The van der Waals surface area contributed by atoms with Crippen LogP contribution in [0.2, 0.25) is 0 Å². The molecule has 2 aromatic heterocycles. The fourth-order valence-corrected chi connectivity index (χ4v) is 5.25. The topological polar surface area (TPSA) is 66.4 Å². The van der Waals surface area contributed by atoms with Gasteiger partial charge in [0.25, 0.3) is 0 Å². The van der Waals surface area contributed by atoms with Crippen LogP contribution in [0.4, 0.5) is 0 Å². The molecular weight excluding hydrogens is 326 g/mol. The van der Waals surface area contributed by atoms with E-state index in [0.717, 1.165) is 4.88 Å². The van der Waals surface area contributed by atoms with Gasteiger partial charge in [0.2, 0.25) is 10.0 Å². The van der Waals surface area contributed by atoms with Crippen LogP contribution in [0.5, 0.6) is 0 Å². The summed E-state index contributed by atoms with van der Waals surface area (Å²) >= 11 is 2.89. The molecule has 0 saturated carbocycles. The van der Waals surface area contributed by atoms with E-state index in [4.69, 9.17) is 5.11 Å². The Morgan fingerprint density at radius 3 is 2.67 bits per heavy atom. The Morgan fingerprint density at radius 1 is 1.29 bits per heavy atom. The van der Waals surface area contributed by atoms with Gasteiger partial charge in [-0.05, 0) is 60.2 Å². The maximum absolute atomic E-state index is 12.1. The van der Waals surface area contributed by atoms with E-state index in [1.54, 1.807) is 23.5 Å². The minimum atomic E-state index is -3.41. The summed E-state index contributed by atoms with van der Waals surface area (Å²) in [6.45, 7) is 2.37. The van der Waals surface area contributed by atoms with Gasteiger partial charge < -0.3 is 5.11 Å². The molecule has 0 aliphatic rings. The SMILES string of the molecule is Cc1ccc(S(=O)(=O)NCC[C@H](CCO)c2ccsc2)s1. The van der Waals surface area contributed by atoms with Gasteiger partial charge in [-0.15, -0.1) is 11.3 Å². The summed E-state index contributed by atoms with van der Waals surface area (Å²) < 4.78 is 27.2. The summed E-state index contributed by atoms with van der Waals surface area (Å²) in [6, 6.07) is 5.47. The molecule has 4 nitrogen and oxygen atoms in total. The molecule has 0 amide bonds. The third-order valence-corrected chi connectivity index (χ3v) is 6.91. The Labute approximate surface area is 133 Å². The largest absolute Gasteiger partial charge is 0.396 e. The number of hydrogen-bond acceptors (Lipinski definition) is 5. The number of aliphatic hydroxyl groups is 1. The van der Waals surface area contributed by atoms with E-state index >= 15 is 0 Å². The van der Waals surface area contributed by atoms with Crippen molar-refractivity contribution in [2.24, 2.45) is 0 Å². The lowest BCUT2D eigenvalue weighted by Gasteiger charge is -2.14. The molecule has 2 heterocycles. The van der Waals surface area contributed by atoms with Crippen molar-refractivity contribution in [2.45, 2.75) is 29.9 Å². The van der Waals surface area contributed by atoms with Crippen LogP contribution in [0.15, 0.2) is 33.2 Å². The van der Waals surface area contributed by atoms with Gasteiger partial charge in [0, 0.05) is 18.0 Å². The lowest BCUT2D eigenvalue weighted by atomic mass is 9.95. The van der Waals surface area contributed by atoms with Crippen molar-refractivity contribution in [1.82, 2.24) is 4.72 Å². The van der Waals surface area contributed by atoms with Gasteiger partial charge in [-0.3, -0.25) is 0 Å². The number of rotatable bonds is 8. The summed E-state index contributed by atoms with van der Waals surface area (Å²) in [5.74, 6) is 0.189. The highest BCUT2D eigenvalue weighted by atomic mass is 32.2. The normalized spacial score (nSPS) is 13.4. The molecule has 7 heteroatoms. The number of sulfonamides is 1. The second-order valence-electron chi connectivity index (χ2n) is 4.82. The molecule has 0 aromatic carbocycles. The Morgan fingerprint density at radius 2 is 2.10 bits per heavy atom. The van der Waals surface area contributed by atoms with Crippen molar-refractivity contribution in [3.8, 4) is 0 Å². The summed E-state index contributed by atoms with van der Waals surface area (Å²) in [6.07, 6.45) is 1.33. The van der Waals surface area contributed by atoms with Gasteiger partial charge in [-0.25, -0.2) is 13.1 Å². The molecular formula is C14H19NO3S3. The van der Waals surface area contributed by atoms with Crippen LogP contribution >= 0.6 is 22.7 Å². The number of thiophene rings is 2. The minimum Gasteiger partial charge on any atom is -0.396 e. The van der Waals surface area contributed by atoms with Crippen LogP contribution in [0.1, 0.15) is 29.2 Å². The lowest BCUT2D eigenvalue weighted by molar-refractivity contribution is 0.273.